The van der Waals surface area contributed by atoms with Crippen molar-refractivity contribution in [2.45, 2.75) is 25.7 Å². The van der Waals surface area contributed by atoms with Gasteiger partial charge in [0.2, 0.25) is 0 Å². The second kappa shape index (κ2) is 7.40. The molecule has 0 spiro atoms. The SMILES string of the molecule is C1=CCCC(C2=C(Nc3ccc(-c4ccccc4)cc3)CCC=C2)=C1. The minimum absolute atomic E-state index is 1.08. The highest BCUT2D eigenvalue weighted by molar-refractivity contribution is 5.67. The molecule has 0 saturated carbocycles. The summed E-state index contributed by atoms with van der Waals surface area (Å²) in [4.78, 5) is 0. The Balaban J connectivity index is 1.58. The second-order valence-electron chi connectivity index (χ2n) is 6.56. The van der Waals surface area contributed by atoms with Crippen molar-refractivity contribution in [1.82, 2.24) is 0 Å². The third-order valence-electron chi connectivity index (χ3n) is 4.82. The molecule has 4 rings (SSSR count). The highest BCUT2D eigenvalue weighted by Gasteiger charge is 2.13. The number of allylic oxidation sites excluding steroid dienone is 8. The lowest BCUT2D eigenvalue weighted by molar-refractivity contribution is 0.914. The van der Waals surface area contributed by atoms with Crippen molar-refractivity contribution in [1.29, 1.82) is 0 Å². The number of hydrogen-bond donors (Lipinski definition) is 1. The van der Waals surface area contributed by atoms with Crippen molar-refractivity contribution < 1.29 is 0 Å². The van der Waals surface area contributed by atoms with Gasteiger partial charge >= 0.3 is 0 Å². The second-order valence-corrected chi connectivity index (χ2v) is 6.56. The lowest BCUT2D eigenvalue weighted by atomic mass is 9.91. The fraction of sp³-hybridized carbons (Fsp3) is 0.167. The molecule has 25 heavy (non-hydrogen) atoms. The van der Waals surface area contributed by atoms with Crippen LogP contribution in [0.25, 0.3) is 11.1 Å². The first-order valence-electron chi connectivity index (χ1n) is 9.08. The van der Waals surface area contributed by atoms with Gasteiger partial charge in [-0.2, -0.15) is 0 Å². The molecule has 1 nitrogen and oxygen atoms in total. The first-order chi connectivity index (χ1) is 12.4. The summed E-state index contributed by atoms with van der Waals surface area (Å²) >= 11 is 0. The molecule has 0 aromatic heterocycles. The summed E-state index contributed by atoms with van der Waals surface area (Å²) < 4.78 is 0. The number of hydrogen-bond acceptors (Lipinski definition) is 1. The first kappa shape index (κ1) is 15.7. The molecule has 0 bridgehead atoms. The molecule has 0 aliphatic heterocycles. The standard InChI is InChI=1S/C24H23N/c1-3-9-19(10-4-1)20-15-17-22(18-16-20)25-24-14-8-7-13-23(24)21-11-5-2-6-12-21/h1-5,7,9-11,13,15-18,25H,6,8,12,14H2. The summed E-state index contributed by atoms with van der Waals surface area (Å²) in [6, 6.07) is 19.3. The van der Waals surface area contributed by atoms with Gasteiger partial charge in [0.05, 0.1) is 0 Å². The molecule has 0 unspecified atom stereocenters. The molecule has 0 amide bonds. The van der Waals surface area contributed by atoms with Crippen molar-refractivity contribution in [2.24, 2.45) is 0 Å². The predicted molar refractivity (Wildman–Crippen MR) is 107 cm³/mol. The molecule has 1 N–H and O–H groups in total. The van der Waals surface area contributed by atoms with Crippen LogP contribution in [-0.4, -0.2) is 0 Å². The van der Waals surface area contributed by atoms with Gasteiger partial charge in [-0.15, -0.1) is 0 Å². The molecule has 0 fully saturated rings. The van der Waals surface area contributed by atoms with E-state index < -0.39 is 0 Å². The van der Waals surface area contributed by atoms with Gasteiger partial charge in [0, 0.05) is 11.4 Å². The zero-order valence-electron chi connectivity index (χ0n) is 14.4. The Bertz CT molecular complexity index is 849. The maximum absolute atomic E-state index is 3.67. The van der Waals surface area contributed by atoms with Gasteiger partial charge in [-0.25, -0.2) is 0 Å². The van der Waals surface area contributed by atoms with Crippen LogP contribution in [0, 0.1) is 0 Å². The molecule has 2 aliphatic carbocycles. The van der Waals surface area contributed by atoms with E-state index in [4.69, 9.17) is 0 Å². The minimum atomic E-state index is 1.08. The lowest BCUT2D eigenvalue weighted by Gasteiger charge is -2.21. The minimum Gasteiger partial charge on any atom is -0.358 e. The van der Waals surface area contributed by atoms with Crippen LogP contribution < -0.4 is 5.32 Å². The van der Waals surface area contributed by atoms with Crippen molar-refractivity contribution in [3.8, 4) is 11.1 Å². The molecule has 2 aromatic rings. The van der Waals surface area contributed by atoms with Crippen LogP contribution in [-0.2, 0) is 0 Å². The Morgan fingerprint density at radius 1 is 0.720 bits per heavy atom. The Labute approximate surface area is 150 Å². The third kappa shape index (κ3) is 3.66. The molecule has 2 aliphatic rings. The average Bonchev–Trinajstić information content (AvgIpc) is 2.70. The van der Waals surface area contributed by atoms with Crippen molar-refractivity contribution in [2.75, 3.05) is 5.32 Å². The summed E-state index contributed by atoms with van der Waals surface area (Å²) in [5.41, 5.74) is 7.84. The smallest absolute Gasteiger partial charge is 0.0382 e. The molecular weight excluding hydrogens is 302 g/mol. The van der Waals surface area contributed by atoms with Gasteiger partial charge in [0.25, 0.3) is 0 Å². The quantitative estimate of drug-likeness (QED) is 0.664. The van der Waals surface area contributed by atoms with Gasteiger partial charge in [-0.1, -0.05) is 72.8 Å². The zero-order valence-corrected chi connectivity index (χ0v) is 14.4. The van der Waals surface area contributed by atoms with E-state index in [1.807, 2.05) is 0 Å². The molecule has 0 saturated heterocycles. The molecule has 0 heterocycles. The molecule has 0 radical (unpaired) electrons. The lowest BCUT2D eigenvalue weighted by Crippen LogP contribution is -2.08. The van der Waals surface area contributed by atoms with Crippen LogP contribution in [0.5, 0.6) is 0 Å². The number of nitrogens with one attached hydrogen (secondary N) is 1. The van der Waals surface area contributed by atoms with Gasteiger partial charge < -0.3 is 5.32 Å². The van der Waals surface area contributed by atoms with Crippen LogP contribution in [0.2, 0.25) is 0 Å². The van der Waals surface area contributed by atoms with Gasteiger partial charge in [0.15, 0.2) is 0 Å². The summed E-state index contributed by atoms with van der Waals surface area (Å²) in [7, 11) is 0. The highest BCUT2D eigenvalue weighted by Crippen LogP contribution is 2.30. The van der Waals surface area contributed by atoms with E-state index in [0.717, 1.165) is 31.4 Å². The van der Waals surface area contributed by atoms with E-state index in [0.29, 0.717) is 0 Å². The van der Waals surface area contributed by atoms with Crippen LogP contribution in [0.1, 0.15) is 25.7 Å². The van der Waals surface area contributed by atoms with E-state index in [1.165, 1.54) is 28.0 Å². The Morgan fingerprint density at radius 2 is 1.48 bits per heavy atom. The summed E-state index contributed by atoms with van der Waals surface area (Å²) in [5, 5.41) is 3.67. The topological polar surface area (TPSA) is 12.0 Å². The fourth-order valence-electron chi connectivity index (χ4n) is 3.47. The van der Waals surface area contributed by atoms with Crippen LogP contribution in [0.4, 0.5) is 5.69 Å². The van der Waals surface area contributed by atoms with Crippen molar-refractivity contribution in [3.05, 3.63) is 102 Å². The van der Waals surface area contributed by atoms with Crippen LogP contribution in [0.3, 0.4) is 0 Å². The van der Waals surface area contributed by atoms with E-state index in [2.05, 4.69) is 90.3 Å². The van der Waals surface area contributed by atoms with Crippen molar-refractivity contribution >= 4 is 5.69 Å². The zero-order chi connectivity index (χ0) is 16.9. The van der Waals surface area contributed by atoms with Crippen LogP contribution in [0.15, 0.2) is 102 Å². The van der Waals surface area contributed by atoms with E-state index in [-0.39, 0.29) is 0 Å². The first-order valence-corrected chi connectivity index (χ1v) is 9.08. The summed E-state index contributed by atoms with van der Waals surface area (Å²) in [5.74, 6) is 0. The third-order valence-corrected chi connectivity index (χ3v) is 4.82. The Morgan fingerprint density at radius 3 is 2.24 bits per heavy atom. The molecule has 1 heteroatoms. The van der Waals surface area contributed by atoms with Gasteiger partial charge in [-0.3, -0.25) is 0 Å². The maximum Gasteiger partial charge on any atom is 0.0382 e. The normalized spacial score (nSPS) is 16.7. The fourth-order valence-corrected chi connectivity index (χ4v) is 3.47. The number of rotatable bonds is 4. The summed E-state index contributed by atoms with van der Waals surface area (Å²) in [6.45, 7) is 0. The highest BCUT2D eigenvalue weighted by atomic mass is 14.9. The molecular formula is C24H23N. The maximum atomic E-state index is 3.67. The van der Waals surface area contributed by atoms with E-state index in [1.54, 1.807) is 0 Å². The Kier molecular flexibility index (Phi) is 4.65. The monoisotopic (exact) mass is 325 g/mol. The largest absolute Gasteiger partial charge is 0.358 e. The average molecular weight is 325 g/mol. The van der Waals surface area contributed by atoms with Gasteiger partial charge in [-0.05, 0) is 60.1 Å². The van der Waals surface area contributed by atoms with Crippen LogP contribution >= 0.6 is 0 Å². The molecule has 2 aromatic carbocycles. The number of benzene rings is 2. The van der Waals surface area contributed by atoms with E-state index >= 15 is 0 Å². The number of anilines is 1. The summed E-state index contributed by atoms with van der Waals surface area (Å²) in [6.07, 6.45) is 15.7. The predicted octanol–water partition coefficient (Wildman–Crippen LogP) is 6.65. The molecule has 124 valence electrons. The van der Waals surface area contributed by atoms with Crippen molar-refractivity contribution in [3.63, 3.8) is 0 Å². The molecule has 0 atom stereocenters. The Hall–Kier alpha value is -2.80. The van der Waals surface area contributed by atoms with Gasteiger partial charge in [0.1, 0.15) is 0 Å². The van der Waals surface area contributed by atoms with E-state index in [9.17, 15) is 0 Å².